The van der Waals surface area contributed by atoms with Gasteiger partial charge < -0.3 is 5.11 Å². The van der Waals surface area contributed by atoms with Crippen LogP contribution in [-0.4, -0.2) is 25.8 Å². The van der Waals surface area contributed by atoms with Crippen molar-refractivity contribution in [3.8, 4) is 0 Å². The van der Waals surface area contributed by atoms with E-state index in [-0.39, 0.29) is 6.42 Å². The number of hydrogen-bond acceptors (Lipinski definition) is 3. The molecule has 0 saturated carbocycles. The Bertz CT molecular complexity index is 358. The van der Waals surface area contributed by atoms with Crippen molar-refractivity contribution in [3.05, 3.63) is 11.6 Å². The monoisotopic (exact) mass is 225 g/mol. The average molecular weight is 225 g/mol. The number of aryl methyl sites for hydroxylation is 2. The van der Waals surface area contributed by atoms with Gasteiger partial charge in [-0.2, -0.15) is 5.10 Å². The molecule has 0 bridgehead atoms. The molecule has 0 aliphatic carbocycles. The normalized spacial score (nSPS) is 11.0. The molecule has 90 valence electrons. The van der Waals surface area contributed by atoms with Crippen LogP contribution in [0.25, 0.3) is 0 Å². The molecule has 16 heavy (non-hydrogen) atoms. The summed E-state index contributed by atoms with van der Waals surface area (Å²) in [5.41, 5.74) is 0. The summed E-state index contributed by atoms with van der Waals surface area (Å²) in [6, 6.07) is 0. The molecule has 1 aromatic heterocycles. The maximum absolute atomic E-state index is 10.4. The van der Waals surface area contributed by atoms with Gasteiger partial charge in [-0.1, -0.05) is 13.8 Å². The minimum atomic E-state index is -0.760. The fourth-order valence-corrected chi connectivity index (χ4v) is 1.54. The fraction of sp³-hybridized carbons (Fsp3) is 0.727. The summed E-state index contributed by atoms with van der Waals surface area (Å²) in [5.74, 6) is 1.50. The largest absolute Gasteiger partial charge is 0.481 e. The molecule has 1 rings (SSSR count). The topological polar surface area (TPSA) is 68.0 Å². The van der Waals surface area contributed by atoms with Gasteiger partial charge in [0.2, 0.25) is 0 Å². The summed E-state index contributed by atoms with van der Waals surface area (Å²) in [6.45, 7) is 4.25. The van der Waals surface area contributed by atoms with Crippen LogP contribution in [0.5, 0.6) is 0 Å². The molecule has 0 fully saturated rings. The SMILES string of the molecule is CC(C)Cc1nc(CCCC(=O)O)n(C)n1. The van der Waals surface area contributed by atoms with Crippen molar-refractivity contribution >= 4 is 5.97 Å². The Balaban J connectivity index is 2.53. The van der Waals surface area contributed by atoms with Gasteiger partial charge >= 0.3 is 5.97 Å². The summed E-state index contributed by atoms with van der Waals surface area (Å²) in [5, 5.41) is 12.8. The first kappa shape index (κ1) is 12.7. The first-order valence-electron chi connectivity index (χ1n) is 5.59. The van der Waals surface area contributed by atoms with Crippen LogP contribution in [0.1, 0.15) is 38.3 Å². The van der Waals surface area contributed by atoms with E-state index >= 15 is 0 Å². The third-order valence-electron chi connectivity index (χ3n) is 2.28. The van der Waals surface area contributed by atoms with Gasteiger partial charge in [-0.25, -0.2) is 4.98 Å². The van der Waals surface area contributed by atoms with E-state index in [9.17, 15) is 4.79 Å². The van der Waals surface area contributed by atoms with Gasteiger partial charge in [-0.3, -0.25) is 9.48 Å². The number of hydrogen-bond donors (Lipinski definition) is 1. The quantitative estimate of drug-likeness (QED) is 0.795. The van der Waals surface area contributed by atoms with Crippen molar-refractivity contribution in [2.75, 3.05) is 0 Å². The maximum Gasteiger partial charge on any atom is 0.303 e. The zero-order valence-electron chi connectivity index (χ0n) is 10.1. The predicted molar refractivity (Wildman–Crippen MR) is 60.1 cm³/mol. The number of carbonyl (C=O) groups is 1. The molecule has 0 aliphatic heterocycles. The lowest BCUT2D eigenvalue weighted by atomic mass is 10.1. The standard InChI is InChI=1S/C11H19N3O2/c1-8(2)7-9-12-10(14(3)13-9)5-4-6-11(15)16/h8H,4-7H2,1-3H3,(H,15,16). The zero-order chi connectivity index (χ0) is 12.1. The molecule has 0 aliphatic rings. The van der Waals surface area contributed by atoms with Crippen molar-refractivity contribution in [3.63, 3.8) is 0 Å². The van der Waals surface area contributed by atoms with Crippen molar-refractivity contribution in [1.29, 1.82) is 0 Å². The molecule has 1 heterocycles. The molecular formula is C11H19N3O2. The first-order chi connectivity index (χ1) is 7.49. The highest BCUT2D eigenvalue weighted by Crippen LogP contribution is 2.06. The van der Waals surface area contributed by atoms with E-state index in [0.717, 1.165) is 18.1 Å². The van der Waals surface area contributed by atoms with Crippen LogP contribution in [0.3, 0.4) is 0 Å². The highest BCUT2D eigenvalue weighted by molar-refractivity contribution is 5.66. The highest BCUT2D eigenvalue weighted by atomic mass is 16.4. The Morgan fingerprint density at radius 2 is 2.19 bits per heavy atom. The molecule has 1 N–H and O–H groups in total. The summed E-state index contributed by atoms with van der Waals surface area (Å²) in [7, 11) is 1.85. The van der Waals surface area contributed by atoms with Crippen molar-refractivity contribution in [2.24, 2.45) is 13.0 Å². The molecule has 0 unspecified atom stereocenters. The van der Waals surface area contributed by atoms with Crippen molar-refractivity contribution in [2.45, 2.75) is 39.5 Å². The Hall–Kier alpha value is -1.39. The van der Waals surface area contributed by atoms with Gasteiger partial charge in [-0.05, 0) is 12.3 Å². The van der Waals surface area contributed by atoms with Crippen molar-refractivity contribution < 1.29 is 9.90 Å². The van der Waals surface area contributed by atoms with E-state index < -0.39 is 5.97 Å². The fourth-order valence-electron chi connectivity index (χ4n) is 1.54. The lowest BCUT2D eigenvalue weighted by Gasteiger charge is -1.97. The van der Waals surface area contributed by atoms with Gasteiger partial charge in [0.25, 0.3) is 0 Å². The molecule has 1 aromatic rings. The summed E-state index contributed by atoms with van der Waals surface area (Å²) >= 11 is 0. The number of carboxylic acids is 1. The van der Waals surface area contributed by atoms with Crippen LogP contribution < -0.4 is 0 Å². The molecule has 5 nitrogen and oxygen atoms in total. The molecule has 0 spiro atoms. The molecule has 0 saturated heterocycles. The lowest BCUT2D eigenvalue weighted by Crippen LogP contribution is -2.02. The number of rotatable bonds is 6. The number of nitrogens with zero attached hydrogens (tertiary/aromatic N) is 3. The zero-order valence-corrected chi connectivity index (χ0v) is 10.1. The van der Waals surface area contributed by atoms with Crippen LogP contribution in [0.15, 0.2) is 0 Å². The van der Waals surface area contributed by atoms with Gasteiger partial charge in [0.1, 0.15) is 5.82 Å². The Morgan fingerprint density at radius 1 is 1.50 bits per heavy atom. The van der Waals surface area contributed by atoms with E-state index in [0.29, 0.717) is 18.8 Å². The van der Waals surface area contributed by atoms with Crippen molar-refractivity contribution in [1.82, 2.24) is 14.8 Å². The molecule has 0 aromatic carbocycles. The van der Waals surface area contributed by atoms with Crippen LogP contribution in [-0.2, 0) is 24.7 Å². The van der Waals surface area contributed by atoms with E-state index in [2.05, 4.69) is 23.9 Å². The summed E-state index contributed by atoms with van der Waals surface area (Å²) in [4.78, 5) is 14.8. The van der Waals surface area contributed by atoms with E-state index in [4.69, 9.17) is 5.11 Å². The number of aliphatic carboxylic acids is 1. The Morgan fingerprint density at radius 3 is 2.75 bits per heavy atom. The van der Waals surface area contributed by atoms with Crippen LogP contribution in [0, 0.1) is 5.92 Å². The maximum atomic E-state index is 10.4. The highest BCUT2D eigenvalue weighted by Gasteiger charge is 2.09. The van der Waals surface area contributed by atoms with Gasteiger partial charge in [0.15, 0.2) is 5.82 Å². The van der Waals surface area contributed by atoms with E-state index in [1.54, 1.807) is 4.68 Å². The van der Waals surface area contributed by atoms with Gasteiger partial charge in [0, 0.05) is 26.3 Å². The third-order valence-corrected chi connectivity index (χ3v) is 2.28. The predicted octanol–water partition coefficient (Wildman–Crippen LogP) is 1.42. The minimum Gasteiger partial charge on any atom is -0.481 e. The molecule has 0 radical (unpaired) electrons. The minimum absolute atomic E-state index is 0.187. The second-order valence-electron chi connectivity index (χ2n) is 4.41. The van der Waals surface area contributed by atoms with Crippen LogP contribution in [0.2, 0.25) is 0 Å². The number of carboxylic acid groups (broad SMARTS) is 1. The summed E-state index contributed by atoms with van der Waals surface area (Å²) < 4.78 is 1.75. The lowest BCUT2D eigenvalue weighted by molar-refractivity contribution is -0.137. The third kappa shape index (κ3) is 4.00. The smallest absolute Gasteiger partial charge is 0.303 e. The second kappa shape index (κ2) is 5.63. The molecule has 0 amide bonds. The van der Waals surface area contributed by atoms with E-state index in [1.165, 1.54) is 0 Å². The molecular weight excluding hydrogens is 206 g/mol. The molecule has 0 atom stereocenters. The number of aromatic nitrogens is 3. The first-order valence-corrected chi connectivity index (χ1v) is 5.59. The average Bonchev–Trinajstić information content (AvgIpc) is 2.45. The summed E-state index contributed by atoms with van der Waals surface area (Å²) in [6.07, 6.45) is 2.34. The van der Waals surface area contributed by atoms with Gasteiger partial charge in [0.05, 0.1) is 0 Å². The Labute approximate surface area is 95.5 Å². The van der Waals surface area contributed by atoms with Crippen LogP contribution in [0.4, 0.5) is 0 Å². The second-order valence-corrected chi connectivity index (χ2v) is 4.41. The van der Waals surface area contributed by atoms with Crippen LogP contribution >= 0.6 is 0 Å². The Kier molecular flexibility index (Phi) is 4.46. The van der Waals surface area contributed by atoms with E-state index in [1.807, 2.05) is 7.05 Å². The molecule has 5 heteroatoms. The van der Waals surface area contributed by atoms with Gasteiger partial charge in [-0.15, -0.1) is 0 Å².